The van der Waals surface area contributed by atoms with Gasteiger partial charge in [-0.25, -0.2) is 9.97 Å². The summed E-state index contributed by atoms with van der Waals surface area (Å²) in [6, 6.07) is 15.9. The zero-order valence-electron chi connectivity index (χ0n) is 21.8. The molecule has 1 aliphatic carbocycles. The summed E-state index contributed by atoms with van der Waals surface area (Å²) < 4.78 is 49.3. The smallest absolute Gasteiger partial charge is 0.481 e. The zero-order chi connectivity index (χ0) is 27.1. The van der Waals surface area contributed by atoms with Gasteiger partial charge in [-0.2, -0.15) is 0 Å². The molecule has 0 spiro atoms. The largest absolute Gasteiger partial charge is 0.573 e. The average molecular weight is 525 g/mol. The molecule has 1 aliphatic rings. The molecule has 0 amide bonds. The number of fused-ring (bicyclic) bond motifs is 1. The number of anilines is 2. The van der Waals surface area contributed by atoms with E-state index in [0.29, 0.717) is 23.4 Å². The van der Waals surface area contributed by atoms with Crippen LogP contribution >= 0.6 is 0 Å². The number of aromatic nitrogens is 3. The fraction of sp³-hybridized carbons (Fsp3) is 0.379. The number of nitrogens with zero attached hydrogens (tertiary/aromatic N) is 3. The predicted molar refractivity (Wildman–Crippen MR) is 142 cm³/mol. The topological polar surface area (TPSA) is 61.2 Å². The number of nitrogens with one attached hydrogen (secondary N) is 1. The molecule has 2 aromatic carbocycles. The summed E-state index contributed by atoms with van der Waals surface area (Å²) in [7, 11) is 1.59. The summed E-state index contributed by atoms with van der Waals surface area (Å²) in [5.41, 5.74) is 4.59. The number of halogens is 3. The van der Waals surface area contributed by atoms with Crippen molar-refractivity contribution < 1.29 is 22.6 Å². The van der Waals surface area contributed by atoms with Crippen molar-refractivity contribution in [3.8, 4) is 22.8 Å². The summed E-state index contributed by atoms with van der Waals surface area (Å²) in [5.74, 6) is 1.48. The summed E-state index contributed by atoms with van der Waals surface area (Å²) >= 11 is 0. The maximum absolute atomic E-state index is 12.6. The van der Waals surface area contributed by atoms with Gasteiger partial charge in [0.05, 0.1) is 18.1 Å². The van der Waals surface area contributed by atoms with E-state index in [9.17, 15) is 13.2 Å². The van der Waals surface area contributed by atoms with E-state index < -0.39 is 6.36 Å². The molecule has 1 saturated carbocycles. The first-order valence-electron chi connectivity index (χ1n) is 12.6. The molecule has 9 heteroatoms. The van der Waals surface area contributed by atoms with Crippen LogP contribution in [0.25, 0.3) is 22.2 Å². The first kappa shape index (κ1) is 25.9. The van der Waals surface area contributed by atoms with Crippen molar-refractivity contribution in [3.63, 3.8) is 0 Å². The van der Waals surface area contributed by atoms with Crippen LogP contribution in [0.3, 0.4) is 0 Å². The Balaban J connectivity index is 1.55. The third-order valence-electron chi connectivity index (χ3n) is 7.04. The van der Waals surface area contributed by atoms with E-state index in [1.54, 1.807) is 25.4 Å². The summed E-state index contributed by atoms with van der Waals surface area (Å²) in [6.45, 7) is 6.89. The zero-order valence-corrected chi connectivity index (χ0v) is 21.8. The molecular formula is C29H31F3N4O2. The Morgan fingerprint density at radius 3 is 2.42 bits per heavy atom. The highest BCUT2D eigenvalue weighted by atomic mass is 19.4. The van der Waals surface area contributed by atoms with Crippen molar-refractivity contribution in [2.45, 2.75) is 52.4 Å². The number of rotatable bonds is 6. The highest BCUT2D eigenvalue weighted by Crippen LogP contribution is 2.46. The number of ether oxygens (including phenoxy) is 2. The van der Waals surface area contributed by atoms with E-state index in [4.69, 9.17) is 9.72 Å². The maximum Gasteiger partial charge on any atom is 0.573 e. The molecule has 4 aromatic rings. The summed E-state index contributed by atoms with van der Waals surface area (Å²) in [4.78, 5) is 9.16. The number of pyridine rings is 1. The van der Waals surface area contributed by atoms with Crippen molar-refractivity contribution in [2.75, 3.05) is 12.4 Å². The highest BCUT2D eigenvalue weighted by Gasteiger charge is 2.35. The molecule has 0 saturated heterocycles. The van der Waals surface area contributed by atoms with Gasteiger partial charge in [0.1, 0.15) is 5.75 Å². The van der Waals surface area contributed by atoms with E-state index in [1.807, 2.05) is 18.2 Å². The predicted octanol–water partition coefficient (Wildman–Crippen LogP) is 8.14. The Morgan fingerprint density at radius 2 is 1.74 bits per heavy atom. The Labute approximate surface area is 219 Å². The second-order valence-corrected chi connectivity index (χ2v) is 10.9. The highest BCUT2D eigenvalue weighted by molar-refractivity contribution is 5.85. The van der Waals surface area contributed by atoms with Gasteiger partial charge in [-0.1, -0.05) is 26.8 Å². The van der Waals surface area contributed by atoms with Gasteiger partial charge in [-0.05, 0) is 84.2 Å². The van der Waals surface area contributed by atoms with Crippen LogP contribution in [0.1, 0.15) is 46.1 Å². The van der Waals surface area contributed by atoms with Crippen molar-refractivity contribution in [2.24, 2.45) is 11.3 Å². The normalized spacial score (nSPS) is 19.3. The maximum atomic E-state index is 12.6. The van der Waals surface area contributed by atoms with E-state index in [-0.39, 0.29) is 17.2 Å². The Hall–Kier alpha value is -3.75. The van der Waals surface area contributed by atoms with Crippen molar-refractivity contribution in [3.05, 3.63) is 60.8 Å². The van der Waals surface area contributed by atoms with Gasteiger partial charge in [0.2, 0.25) is 11.8 Å². The number of hydrogen-bond acceptors (Lipinski definition) is 5. The monoisotopic (exact) mass is 524 g/mol. The first-order valence-corrected chi connectivity index (χ1v) is 12.6. The van der Waals surface area contributed by atoms with Crippen LogP contribution < -0.4 is 14.8 Å². The fourth-order valence-electron chi connectivity index (χ4n) is 5.80. The number of methoxy groups -OCH3 is 1. The van der Waals surface area contributed by atoms with E-state index in [0.717, 1.165) is 41.4 Å². The van der Waals surface area contributed by atoms with Crippen LogP contribution in [0.5, 0.6) is 11.6 Å². The lowest BCUT2D eigenvalue weighted by molar-refractivity contribution is -0.274. The van der Waals surface area contributed by atoms with E-state index in [1.165, 1.54) is 12.1 Å². The molecule has 6 nitrogen and oxygen atoms in total. The minimum atomic E-state index is -4.73. The Bertz CT molecular complexity index is 1430. The molecule has 0 aliphatic heterocycles. The molecule has 200 valence electrons. The van der Waals surface area contributed by atoms with Gasteiger partial charge in [-0.15, -0.1) is 13.2 Å². The molecule has 1 N–H and O–H groups in total. The lowest BCUT2D eigenvalue weighted by Gasteiger charge is -2.40. The van der Waals surface area contributed by atoms with Gasteiger partial charge in [-0.3, -0.25) is 0 Å². The van der Waals surface area contributed by atoms with Crippen LogP contribution in [0.4, 0.5) is 24.8 Å². The van der Waals surface area contributed by atoms with Crippen LogP contribution in [-0.2, 0) is 0 Å². The lowest BCUT2D eigenvalue weighted by Crippen LogP contribution is -2.29. The van der Waals surface area contributed by atoms with Crippen LogP contribution in [-0.4, -0.2) is 28.0 Å². The van der Waals surface area contributed by atoms with Crippen LogP contribution in [0, 0.1) is 11.3 Å². The molecule has 1 fully saturated rings. The van der Waals surface area contributed by atoms with Gasteiger partial charge in [0, 0.05) is 24.0 Å². The number of benzene rings is 2. The van der Waals surface area contributed by atoms with Gasteiger partial charge < -0.3 is 19.4 Å². The number of imidazole rings is 1. The van der Waals surface area contributed by atoms with Gasteiger partial charge >= 0.3 is 6.36 Å². The first-order chi connectivity index (χ1) is 18.0. The summed E-state index contributed by atoms with van der Waals surface area (Å²) in [6.07, 6.45) is 0.156. The quantitative estimate of drug-likeness (QED) is 0.276. The molecule has 5 rings (SSSR count). The minimum Gasteiger partial charge on any atom is -0.481 e. The number of alkyl halides is 3. The van der Waals surface area contributed by atoms with Gasteiger partial charge in [0.15, 0.2) is 0 Å². The Kier molecular flexibility index (Phi) is 6.71. The molecule has 2 unspecified atom stereocenters. The summed E-state index contributed by atoms with van der Waals surface area (Å²) in [5, 5.41) is 3.35. The number of hydrogen-bond donors (Lipinski definition) is 1. The van der Waals surface area contributed by atoms with Crippen LogP contribution in [0.2, 0.25) is 0 Å². The molecule has 0 bridgehead atoms. The minimum absolute atomic E-state index is 0.181. The van der Waals surface area contributed by atoms with Crippen LogP contribution in [0.15, 0.2) is 60.8 Å². The van der Waals surface area contributed by atoms with Crippen molar-refractivity contribution in [1.82, 2.24) is 14.5 Å². The lowest BCUT2D eigenvalue weighted by atomic mass is 9.70. The molecule has 0 radical (unpaired) electrons. The molecule has 2 heterocycles. The average Bonchev–Trinajstić information content (AvgIpc) is 3.20. The standard InChI is InChI=1S/C29H31F3N4O2/c1-18-13-22(17-28(2,3)16-18)36-25-10-5-19(20-11-12-33-26(15-20)37-4)14-24(25)35-27(36)34-21-6-8-23(9-7-21)38-29(30,31)32/h5-12,14-15,18,22H,13,16-17H2,1-4H3,(H,34,35). The third-order valence-corrected chi connectivity index (χ3v) is 7.04. The Morgan fingerprint density at radius 1 is 1.00 bits per heavy atom. The van der Waals surface area contributed by atoms with E-state index >= 15 is 0 Å². The fourth-order valence-corrected chi connectivity index (χ4v) is 5.80. The molecular weight excluding hydrogens is 493 g/mol. The van der Waals surface area contributed by atoms with E-state index in [2.05, 4.69) is 52.5 Å². The SMILES string of the molecule is COc1cc(-c2ccc3c(c2)nc(Nc2ccc(OC(F)(F)F)cc2)n3C2CC(C)CC(C)(C)C2)ccn1. The van der Waals surface area contributed by atoms with Gasteiger partial charge in [0.25, 0.3) is 0 Å². The van der Waals surface area contributed by atoms with Crippen molar-refractivity contribution >= 4 is 22.7 Å². The second kappa shape index (κ2) is 9.85. The van der Waals surface area contributed by atoms with Crippen molar-refractivity contribution in [1.29, 1.82) is 0 Å². The molecule has 2 atom stereocenters. The third kappa shape index (κ3) is 5.71. The molecule has 38 heavy (non-hydrogen) atoms. The molecule has 2 aromatic heterocycles. The second-order valence-electron chi connectivity index (χ2n) is 10.9.